The van der Waals surface area contributed by atoms with Gasteiger partial charge in [-0.25, -0.2) is 0 Å². The minimum atomic E-state index is -0.109. The molecule has 3 aromatic rings. The second-order valence-electron chi connectivity index (χ2n) is 8.03. The van der Waals surface area contributed by atoms with E-state index in [1.165, 1.54) is 0 Å². The Balaban J connectivity index is 1.26. The molecule has 1 heterocycles. The van der Waals surface area contributed by atoms with Gasteiger partial charge < -0.3 is 9.64 Å². The number of likely N-dealkylation sites (tertiary alicyclic amines) is 1. The van der Waals surface area contributed by atoms with Crippen LogP contribution >= 0.6 is 11.6 Å². The molecule has 1 aliphatic heterocycles. The molecule has 1 fully saturated rings. The first-order chi connectivity index (χ1) is 16.0. The van der Waals surface area contributed by atoms with Gasteiger partial charge in [0.1, 0.15) is 5.75 Å². The van der Waals surface area contributed by atoms with Crippen LogP contribution in [-0.4, -0.2) is 42.1 Å². The van der Waals surface area contributed by atoms with Crippen LogP contribution in [0.25, 0.3) is 0 Å². The van der Waals surface area contributed by atoms with Crippen molar-refractivity contribution in [3.05, 3.63) is 101 Å². The number of hydrogen-bond acceptors (Lipinski definition) is 4. The van der Waals surface area contributed by atoms with E-state index >= 15 is 0 Å². The SMILES string of the molecule is O=C(c1ccc(Cl)cc1)c1ccc(OCC(=O)N2CCC(C(=O)c3ccccc3)CC2)cc1. The molecule has 4 rings (SSSR count). The summed E-state index contributed by atoms with van der Waals surface area (Å²) in [6.45, 7) is 1.00. The largest absolute Gasteiger partial charge is 0.484 e. The molecule has 0 aromatic heterocycles. The number of halogens is 1. The number of piperidine rings is 1. The van der Waals surface area contributed by atoms with E-state index in [0.29, 0.717) is 47.8 Å². The number of benzene rings is 3. The summed E-state index contributed by atoms with van der Waals surface area (Å²) in [6.07, 6.45) is 1.31. The summed E-state index contributed by atoms with van der Waals surface area (Å²) in [5.74, 6) is 0.393. The second-order valence-corrected chi connectivity index (χ2v) is 8.47. The highest BCUT2D eigenvalue weighted by atomic mass is 35.5. The fourth-order valence-electron chi connectivity index (χ4n) is 3.94. The molecule has 168 valence electrons. The summed E-state index contributed by atoms with van der Waals surface area (Å²) in [6, 6.07) is 22.7. The molecule has 0 unspecified atom stereocenters. The van der Waals surface area contributed by atoms with Crippen molar-refractivity contribution in [2.24, 2.45) is 5.92 Å². The van der Waals surface area contributed by atoms with Crippen LogP contribution in [0.15, 0.2) is 78.9 Å². The maximum absolute atomic E-state index is 12.6. The van der Waals surface area contributed by atoms with Gasteiger partial charge in [0.05, 0.1) is 0 Å². The molecule has 0 aliphatic carbocycles. The molecule has 0 N–H and O–H groups in total. The smallest absolute Gasteiger partial charge is 0.260 e. The molecule has 3 aromatic carbocycles. The third-order valence-corrected chi connectivity index (χ3v) is 6.11. The summed E-state index contributed by atoms with van der Waals surface area (Å²) >= 11 is 5.87. The first kappa shape index (κ1) is 22.7. The fourth-order valence-corrected chi connectivity index (χ4v) is 4.06. The Morgan fingerprint density at radius 2 is 1.36 bits per heavy atom. The van der Waals surface area contributed by atoms with Crippen molar-refractivity contribution in [3.8, 4) is 5.75 Å². The third-order valence-electron chi connectivity index (χ3n) is 5.86. The van der Waals surface area contributed by atoms with Crippen LogP contribution in [0.1, 0.15) is 39.1 Å². The van der Waals surface area contributed by atoms with E-state index in [0.717, 1.165) is 5.56 Å². The molecule has 0 bridgehead atoms. The first-order valence-corrected chi connectivity index (χ1v) is 11.3. The maximum Gasteiger partial charge on any atom is 0.260 e. The molecule has 1 aliphatic rings. The lowest BCUT2D eigenvalue weighted by atomic mass is 9.89. The van der Waals surface area contributed by atoms with Gasteiger partial charge in [-0.3, -0.25) is 14.4 Å². The quantitative estimate of drug-likeness (QED) is 0.461. The summed E-state index contributed by atoms with van der Waals surface area (Å²) in [5, 5.41) is 0.576. The highest BCUT2D eigenvalue weighted by molar-refractivity contribution is 6.30. The predicted octanol–water partition coefficient (Wildman–Crippen LogP) is 5.07. The van der Waals surface area contributed by atoms with Gasteiger partial charge in [0.25, 0.3) is 5.91 Å². The van der Waals surface area contributed by atoms with E-state index in [2.05, 4.69) is 0 Å². The minimum Gasteiger partial charge on any atom is -0.484 e. The van der Waals surface area contributed by atoms with E-state index in [4.69, 9.17) is 16.3 Å². The number of carbonyl (C=O) groups excluding carboxylic acids is 3. The Morgan fingerprint density at radius 1 is 0.788 bits per heavy atom. The Bertz CT molecular complexity index is 1120. The molecule has 0 atom stereocenters. The van der Waals surface area contributed by atoms with Crippen LogP contribution < -0.4 is 4.74 Å². The van der Waals surface area contributed by atoms with E-state index < -0.39 is 0 Å². The minimum absolute atomic E-state index is 0.0527. The number of carbonyl (C=O) groups is 3. The molecule has 0 radical (unpaired) electrons. The molecule has 0 saturated carbocycles. The molecule has 33 heavy (non-hydrogen) atoms. The van der Waals surface area contributed by atoms with Crippen molar-refractivity contribution in [3.63, 3.8) is 0 Å². The van der Waals surface area contributed by atoms with E-state index in [1.54, 1.807) is 53.4 Å². The second kappa shape index (κ2) is 10.5. The highest BCUT2D eigenvalue weighted by Crippen LogP contribution is 2.22. The van der Waals surface area contributed by atoms with Crippen molar-refractivity contribution < 1.29 is 19.1 Å². The van der Waals surface area contributed by atoms with Crippen molar-refractivity contribution in [2.75, 3.05) is 19.7 Å². The lowest BCUT2D eigenvalue weighted by Crippen LogP contribution is -2.42. The van der Waals surface area contributed by atoms with Crippen LogP contribution in [0.2, 0.25) is 5.02 Å². The van der Waals surface area contributed by atoms with Gasteiger partial charge in [0, 0.05) is 40.7 Å². The Kier molecular flexibility index (Phi) is 7.20. The van der Waals surface area contributed by atoms with Crippen LogP contribution in [0, 0.1) is 5.92 Å². The number of rotatable bonds is 7. The number of ketones is 2. The predicted molar refractivity (Wildman–Crippen MR) is 127 cm³/mol. The lowest BCUT2D eigenvalue weighted by molar-refractivity contribution is -0.134. The zero-order valence-corrected chi connectivity index (χ0v) is 18.8. The molecular weight excluding hydrogens is 438 g/mol. The number of hydrogen-bond donors (Lipinski definition) is 0. The van der Waals surface area contributed by atoms with Crippen molar-refractivity contribution >= 4 is 29.1 Å². The standard InChI is InChI=1S/C27H24ClNO4/c28-23-10-6-20(7-11-23)27(32)21-8-12-24(13-9-21)33-18-25(30)29-16-14-22(15-17-29)26(31)19-4-2-1-3-5-19/h1-13,22H,14-18H2. The van der Waals surface area contributed by atoms with Gasteiger partial charge in [-0.05, 0) is 61.4 Å². The van der Waals surface area contributed by atoms with Crippen LogP contribution in [0.5, 0.6) is 5.75 Å². The summed E-state index contributed by atoms with van der Waals surface area (Å²) in [7, 11) is 0. The van der Waals surface area contributed by atoms with Gasteiger partial charge >= 0.3 is 0 Å². The van der Waals surface area contributed by atoms with Crippen LogP contribution in [0.3, 0.4) is 0 Å². The van der Waals surface area contributed by atoms with Gasteiger partial charge in [-0.2, -0.15) is 0 Å². The molecule has 6 heteroatoms. The van der Waals surface area contributed by atoms with Crippen molar-refractivity contribution in [1.82, 2.24) is 4.90 Å². The normalized spacial score (nSPS) is 14.0. The van der Waals surface area contributed by atoms with E-state index in [1.807, 2.05) is 30.3 Å². The highest BCUT2D eigenvalue weighted by Gasteiger charge is 2.28. The Labute approximate surface area is 197 Å². The van der Waals surface area contributed by atoms with E-state index in [-0.39, 0.29) is 30.0 Å². The summed E-state index contributed by atoms with van der Waals surface area (Å²) < 4.78 is 5.63. The van der Waals surface area contributed by atoms with Gasteiger partial charge in [0.15, 0.2) is 18.2 Å². The zero-order chi connectivity index (χ0) is 23.2. The molecular formula is C27H24ClNO4. The number of ether oxygens (including phenoxy) is 1. The molecule has 0 spiro atoms. The fraction of sp³-hybridized carbons (Fsp3) is 0.222. The average Bonchev–Trinajstić information content (AvgIpc) is 2.88. The average molecular weight is 462 g/mol. The lowest BCUT2D eigenvalue weighted by Gasteiger charge is -2.31. The van der Waals surface area contributed by atoms with Crippen molar-refractivity contribution in [1.29, 1.82) is 0 Å². The third kappa shape index (κ3) is 5.68. The first-order valence-electron chi connectivity index (χ1n) is 10.9. The number of nitrogens with zero attached hydrogens (tertiary/aromatic N) is 1. The molecule has 1 amide bonds. The van der Waals surface area contributed by atoms with E-state index in [9.17, 15) is 14.4 Å². The van der Waals surface area contributed by atoms with Crippen LogP contribution in [0.4, 0.5) is 0 Å². The van der Waals surface area contributed by atoms with Gasteiger partial charge in [0.2, 0.25) is 0 Å². The summed E-state index contributed by atoms with van der Waals surface area (Å²) in [4.78, 5) is 39.4. The molecule has 5 nitrogen and oxygen atoms in total. The number of Topliss-reactive ketones (excluding diaryl/α,β-unsaturated/α-hetero) is 1. The monoisotopic (exact) mass is 461 g/mol. The molecule has 1 saturated heterocycles. The Hall–Kier alpha value is -3.44. The Morgan fingerprint density at radius 3 is 1.97 bits per heavy atom. The van der Waals surface area contributed by atoms with Crippen LogP contribution in [-0.2, 0) is 4.79 Å². The number of amides is 1. The topological polar surface area (TPSA) is 63.7 Å². The maximum atomic E-state index is 12.6. The van der Waals surface area contributed by atoms with Gasteiger partial charge in [-0.15, -0.1) is 0 Å². The van der Waals surface area contributed by atoms with Gasteiger partial charge in [-0.1, -0.05) is 41.9 Å². The zero-order valence-electron chi connectivity index (χ0n) is 18.1. The summed E-state index contributed by atoms with van der Waals surface area (Å²) in [5.41, 5.74) is 1.81. The van der Waals surface area contributed by atoms with Crippen molar-refractivity contribution in [2.45, 2.75) is 12.8 Å².